The van der Waals surface area contributed by atoms with E-state index in [1.165, 1.54) is 15.9 Å². The van der Waals surface area contributed by atoms with Crippen LogP contribution in [0.5, 0.6) is 5.75 Å². The third kappa shape index (κ3) is 13.3. The fraction of sp³-hybridized carbons (Fsp3) is 0.625. The standard InChI is InChI=1S/C32H56O6Si3/c1-13-36-30-28(40(9,10)19-14-16-37-31(33)25(2)3)22-27(24-35-18-21-39(6,7)8)23-29(30)41(11,12)20-15-17-38-32(34)26(4)5/h22-23H,2,4,13-21,24H2,1,3,5-12H3. The largest absolute Gasteiger partial charge is 0.494 e. The van der Waals surface area contributed by atoms with Gasteiger partial charge in [0.25, 0.3) is 0 Å². The molecular weight excluding hydrogens is 565 g/mol. The lowest BCUT2D eigenvalue weighted by Crippen LogP contribution is -2.50. The first-order chi connectivity index (χ1) is 18.9. The van der Waals surface area contributed by atoms with E-state index in [0.29, 0.717) is 37.6 Å². The minimum absolute atomic E-state index is 0.332. The molecule has 0 spiro atoms. The molecule has 0 radical (unpaired) electrons. The molecule has 9 heteroatoms. The van der Waals surface area contributed by atoms with Crippen molar-refractivity contribution in [1.29, 1.82) is 0 Å². The molecule has 0 saturated heterocycles. The molecule has 0 aliphatic carbocycles. The van der Waals surface area contributed by atoms with Gasteiger partial charge in [-0.2, -0.15) is 0 Å². The van der Waals surface area contributed by atoms with Crippen molar-refractivity contribution in [3.05, 3.63) is 42.0 Å². The predicted octanol–water partition coefficient (Wildman–Crippen LogP) is 6.79. The molecule has 0 aliphatic rings. The van der Waals surface area contributed by atoms with Crippen molar-refractivity contribution >= 4 is 46.5 Å². The van der Waals surface area contributed by atoms with Crippen molar-refractivity contribution in [2.24, 2.45) is 0 Å². The number of rotatable bonds is 19. The topological polar surface area (TPSA) is 71.1 Å². The second-order valence-corrected chi connectivity index (χ2v) is 28.9. The molecule has 1 rings (SSSR count). The molecule has 1 aromatic carbocycles. The Kier molecular flexibility index (Phi) is 15.0. The maximum absolute atomic E-state index is 11.9. The summed E-state index contributed by atoms with van der Waals surface area (Å²) < 4.78 is 23.5. The van der Waals surface area contributed by atoms with Gasteiger partial charge in [0.2, 0.25) is 0 Å². The summed E-state index contributed by atoms with van der Waals surface area (Å²) in [5.41, 5.74) is 2.04. The number of carbonyl (C=O) groups excluding carboxylic acids is 2. The summed E-state index contributed by atoms with van der Waals surface area (Å²) in [7, 11) is -5.16. The van der Waals surface area contributed by atoms with Crippen LogP contribution in [-0.4, -0.2) is 62.6 Å². The van der Waals surface area contributed by atoms with Gasteiger partial charge < -0.3 is 18.9 Å². The maximum atomic E-state index is 11.9. The summed E-state index contributed by atoms with van der Waals surface area (Å²) in [6, 6.07) is 7.70. The molecule has 6 nitrogen and oxygen atoms in total. The Balaban J connectivity index is 3.34. The average molecular weight is 621 g/mol. The third-order valence-corrected chi connectivity index (χ3v) is 15.8. The SMILES string of the molecule is C=C(C)C(=O)OCCC[Si](C)(C)c1cc(COCC[Si](C)(C)C)cc([Si](C)(C)CCCOC(=O)C(=C)C)c1OCC. The fourth-order valence-electron chi connectivity index (χ4n) is 4.52. The van der Waals surface area contributed by atoms with E-state index < -0.39 is 24.2 Å². The van der Waals surface area contributed by atoms with Gasteiger partial charge in [-0.1, -0.05) is 83.2 Å². The van der Waals surface area contributed by atoms with Crippen molar-refractivity contribution in [1.82, 2.24) is 0 Å². The van der Waals surface area contributed by atoms with E-state index in [4.69, 9.17) is 18.9 Å². The first kappa shape index (κ1) is 37.1. The Hall–Kier alpha value is -1.95. The Bertz CT molecular complexity index is 989. The van der Waals surface area contributed by atoms with Crippen LogP contribution >= 0.6 is 0 Å². The highest BCUT2D eigenvalue weighted by Gasteiger charge is 2.34. The van der Waals surface area contributed by atoms with Gasteiger partial charge in [-0.05, 0) is 55.6 Å². The van der Waals surface area contributed by atoms with E-state index in [1.807, 2.05) is 6.92 Å². The number of hydrogen-bond acceptors (Lipinski definition) is 6. The van der Waals surface area contributed by atoms with Crippen LogP contribution in [0, 0.1) is 0 Å². The van der Waals surface area contributed by atoms with Crippen molar-refractivity contribution in [3.63, 3.8) is 0 Å². The van der Waals surface area contributed by atoms with E-state index in [1.54, 1.807) is 13.8 Å². The average Bonchev–Trinajstić information content (AvgIpc) is 2.86. The minimum atomic E-state index is -1.99. The van der Waals surface area contributed by atoms with Crippen molar-refractivity contribution in [2.75, 3.05) is 26.4 Å². The van der Waals surface area contributed by atoms with Crippen molar-refractivity contribution < 1.29 is 28.5 Å². The number of benzene rings is 1. The third-order valence-electron chi connectivity index (χ3n) is 7.22. The molecule has 0 unspecified atom stereocenters. The highest BCUT2D eigenvalue weighted by atomic mass is 28.3. The van der Waals surface area contributed by atoms with Gasteiger partial charge in [0, 0.05) is 25.8 Å². The van der Waals surface area contributed by atoms with E-state index in [-0.39, 0.29) is 11.9 Å². The molecule has 0 aromatic heterocycles. The number of hydrogen-bond donors (Lipinski definition) is 0. The summed E-state index contributed by atoms with van der Waals surface area (Å²) in [4.78, 5) is 23.7. The van der Waals surface area contributed by atoms with E-state index >= 15 is 0 Å². The smallest absolute Gasteiger partial charge is 0.333 e. The second kappa shape index (κ2) is 16.6. The van der Waals surface area contributed by atoms with Crippen LogP contribution in [0.3, 0.4) is 0 Å². The quantitative estimate of drug-likeness (QED) is 0.0734. The molecule has 0 heterocycles. The zero-order valence-electron chi connectivity index (χ0n) is 27.6. The summed E-state index contributed by atoms with van der Waals surface area (Å²) in [5.74, 6) is 0.367. The number of esters is 2. The first-order valence-corrected chi connectivity index (χ1v) is 25.1. The lowest BCUT2D eigenvalue weighted by atomic mass is 10.2. The van der Waals surface area contributed by atoms with Crippen molar-refractivity contribution in [3.8, 4) is 5.75 Å². The van der Waals surface area contributed by atoms with Crippen LogP contribution in [0.25, 0.3) is 0 Å². The number of ether oxygens (including phenoxy) is 4. The predicted molar refractivity (Wildman–Crippen MR) is 180 cm³/mol. The Labute approximate surface area is 252 Å². The molecule has 0 bridgehead atoms. The molecule has 0 atom stereocenters. The second-order valence-electron chi connectivity index (χ2n) is 13.6. The van der Waals surface area contributed by atoms with Gasteiger partial charge in [-0.25, -0.2) is 9.59 Å². The van der Waals surface area contributed by atoms with Gasteiger partial charge in [-0.3, -0.25) is 0 Å². The molecule has 1 aromatic rings. The van der Waals surface area contributed by atoms with Gasteiger partial charge in [0.1, 0.15) is 5.75 Å². The van der Waals surface area contributed by atoms with Crippen LogP contribution < -0.4 is 15.1 Å². The molecule has 232 valence electrons. The zero-order chi connectivity index (χ0) is 31.4. The molecule has 0 fully saturated rings. The summed E-state index contributed by atoms with van der Waals surface area (Å²) in [6.45, 7) is 32.1. The highest BCUT2D eigenvalue weighted by molar-refractivity contribution is 6.93. The molecular formula is C32H56O6Si3. The van der Waals surface area contributed by atoms with Gasteiger partial charge in [0.05, 0.1) is 42.6 Å². The summed E-state index contributed by atoms with van der Waals surface area (Å²) in [6.07, 6.45) is 1.59. The lowest BCUT2D eigenvalue weighted by Gasteiger charge is -2.32. The van der Waals surface area contributed by atoms with E-state index in [2.05, 4.69) is 71.1 Å². The van der Waals surface area contributed by atoms with Crippen LogP contribution in [0.4, 0.5) is 0 Å². The Morgan fingerprint density at radius 2 is 1.17 bits per heavy atom. The molecule has 0 aliphatic heterocycles. The Morgan fingerprint density at radius 3 is 1.54 bits per heavy atom. The lowest BCUT2D eigenvalue weighted by molar-refractivity contribution is -0.139. The summed E-state index contributed by atoms with van der Waals surface area (Å²) in [5, 5.41) is 2.61. The molecule has 0 amide bonds. The molecule has 41 heavy (non-hydrogen) atoms. The fourth-order valence-corrected chi connectivity index (χ4v) is 10.8. The first-order valence-electron chi connectivity index (χ1n) is 14.9. The van der Waals surface area contributed by atoms with Crippen LogP contribution in [0.2, 0.25) is 64.0 Å². The van der Waals surface area contributed by atoms with Crippen LogP contribution in [-0.2, 0) is 30.4 Å². The van der Waals surface area contributed by atoms with Crippen LogP contribution in [0.1, 0.15) is 39.2 Å². The van der Waals surface area contributed by atoms with Gasteiger partial charge in [0.15, 0.2) is 0 Å². The van der Waals surface area contributed by atoms with Crippen LogP contribution in [0.15, 0.2) is 36.4 Å². The highest BCUT2D eigenvalue weighted by Crippen LogP contribution is 2.25. The minimum Gasteiger partial charge on any atom is -0.494 e. The monoisotopic (exact) mass is 620 g/mol. The molecule has 0 saturated carbocycles. The maximum Gasteiger partial charge on any atom is 0.333 e. The molecule has 0 N–H and O–H groups in total. The van der Waals surface area contributed by atoms with E-state index in [9.17, 15) is 9.59 Å². The van der Waals surface area contributed by atoms with E-state index in [0.717, 1.165) is 43.3 Å². The number of carbonyl (C=O) groups is 2. The van der Waals surface area contributed by atoms with Gasteiger partial charge in [-0.15, -0.1) is 0 Å². The summed E-state index contributed by atoms with van der Waals surface area (Å²) >= 11 is 0. The Morgan fingerprint density at radius 1 is 0.732 bits per heavy atom. The van der Waals surface area contributed by atoms with Crippen molar-refractivity contribution in [2.45, 2.75) is 104 Å². The zero-order valence-corrected chi connectivity index (χ0v) is 30.6. The van der Waals surface area contributed by atoms with Gasteiger partial charge >= 0.3 is 11.9 Å². The normalized spacial score (nSPS) is 12.1.